The lowest BCUT2D eigenvalue weighted by Gasteiger charge is -2.03. The second kappa shape index (κ2) is 7.25. The standard InChI is InChI=1S/C21H22N4O2/c1-27-11-5-4-6-13-9-10-15-14(12-13)18(22)19(23-15)20-21(26)25-17-8-3-2-7-16(17)24-20/h2-3,7-10,12,23H,4-6,11,22H2,1H3,(H,25,26). The number of unbranched alkanes of at least 4 members (excludes halogenated alkanes) is 1. The zero-order valence-corrected chi connectivity index (χ0v) is 15.2. The van der Waals surface area contributed by atoms with Gasteiger partial charge in [-0.1, -0.05) is 18.2 Å². The second-order valence-electron chi connectivity index (χ2n) is 6.68. The fraction of sp³-hybridized carbons (Fsp3) is 0.238. The predicted molar refractivity (Wildman–Crippen MR) is 109 cm³/mol. The summed E-state index contributed by atoms with van der Waals surface area (Å²) in [5.74, 6) is 0. The molecule has 0 bridgehead atoms. The van der Waals surface area contributed by atoms with Crippen molar-refractivity contribution in [2.24, 2.45) is 0 Å². The van der Waals surface area contributed by atoms with Crippen molar-refractivity contribution in [2.45, 2.75) is 19.3 Å². The van der Waals surface area contributed by atoms with Gasteiger partial charge >= 0.3 is 0 Å². The molecule has 138 valence electrons. The molecule has 2 aromatic carbocycles. The molecule has 4 aromatic rings. The zero-order valence-electron chi connectivity index (χ0n) is 15.2. The summed E-state index contributed by atoms with van der Waals surface area (Å²) in [5.41, 5.74) is 11.1. The van der Waals surface area contributed by atoms with Gasteiger partial charge in [-0.15, -0.1) is 0 Å². The minimum Gasteiger partial charge on any atom is -0.396 e. The van der Waals surface area contributed by atoms with Gasteiger partial charge in [-0.3, -0.25) is 4.79 Å². The minimum absolute atomic E-state index is 0.258. The van der Waals surface area contributed by atoms with Crippen molar-refractivity contribution in [3.63, 3.8) is 0 Å². The molecule has 4 N–H and O–H groups in total. The number of nitrogen functional groups attached to an aromatic ring is 1. The first-order valence-electron chi connectivity index (χ1n) is 9.06. The van der Waals surface area contributed by atoms with E-state index in [0.29, 0.717) is 22.6 Å². The van der Waals surface area contributed by atoms with E-state index in [4.69, 9.17) is 10.5 Å². The number of H-pyrrole nitrogens is 2. The van der Waals surface area contributed by atoms with Crippen LogP contribution in [0.4, 0.5) is 5.69 Å². The smallest absolute Gasteiger partial charge is 0.276 e. The molecule has 27 heavy (non-hydrogen) atoms. The van der Waals surface area contributed by atoms with Gasteiger partial charge in [-0.05, 0) is 49.1 Å². The summed E-state index contributed by atoms with van der Waals surface area (Å²) >= 11 is 0. The van der Waals surface area contributed by atoms with Crippen LogP contribution in [0.1, 0.15) is 18.4 Å². The van der Waals surface area contributed by atoms with E-state index in [1.165, 1.54) is 5.56 Å². The summed E-state index contributed by atoms with van der Waals surface area (Å²) in [4.78, 5) is 23.2. The SMILES string of the molecule is COCCCCc1ccc2[nH]c(-c3nc4ccccc4[nH]c3=O)c(N)c2c1. The van der Waals surface area contributed by atoms with Crippen molar-refractivity contribution >= 4 is 27.6 Å². The quantitative estimate of drug-likeness (QED) is 0.456. The third-order valence-electron chi connectivity index (χ3n) is 4.80. The van der Waals surface area contributed by atoms with Crippen molar-refractivity contribution < 1.29 is 4.74 Å². The Morgan fingerprint density at radius 3 is 2.78 bits per heavy atom. The fourth-order valence-electron chi connectivity index (χ4n) is 3.38. The number of nitrogens with one attached hydrogen (secondary N) is 2. The van der Waals surface area contributed by atoms with Gasteiger partial charge in [0.25, 0.3) is 5.56 Å². The van der Waals surface area contributed by atoms with Crippen LogP contribution in [-0.4, -0.2) is 28.7 Å². The number of aryl methyl sites for hydroxylation is 1. The zero-order chi connectivity index (χ0) is 18.8. The molecule has 0 unspecified atom stereocenters. The molecule has 0 aliphatic rings. The number of aromatic amines is 2. The van der Waals surface area contributed by atoms with Gasteiger partial charge < -0.3 is 20.4 Å². The Balaban J connectivity index is 1.73. The third kappa shape index (κ3) is 3.31. The second-order valence-corrected chi connectivity index (χ2v) is 6.68. The van der Waals surface area contributed by atoms with Crippen LogP contribution >= 0.6 is 0 Å². The van der Waals surface area contributed by atoms with Gasteiger partial charge in [0, 0.05) is 24.6 Å². The van der Waals surface area contributed by atoms with Crippen LogP contribution in [0.25, 0.3) is 33.3 Å². The number of methoxy groups -OCH3 is 1. The number of rotatable bonds is 6. The van der Waals surface area contributed by atoms with Crippen molar-refractivity contribution in [1.82, 2.24) is 15.0 Å². The van der Waals surface area contributed by atoms with Crippen LogP contribution in [0.3, 0.4) is 0 Å². The van der Waals surface area contributed by atoms with Gasteiger partial charge in [0.1, 0.15) is 0 Å². The van der Waals surface area contributed by atoms with Gasteiger partial charge in [-0.2, -0.15) is 0 Å². The van der Waals surface area contributed by atoms with Crippen LogP contribution in [0.2, 0.25) is 0 Å². The summed E-state index contributed by atoms with van der Waals surface area (Å²) in [6.45, 7) is 0.773. The molecule has 0 fully saturated rings. The monoisotopic (exact) mass is 362 g/mol. The van der Waals surface area contributed by atoms with E-state index in [0.717, 1.165) is 42.3 Å². The molecule has 4 rings (SSSR count). The highest BCUT2D eigenvalue weighted by molar-refractivity contribution is 6.00. The molecule has 0 aliphatic carbocycles. The van der Waals surface area contributed by atoms with Crippen molar-refractivity contribution in [3.05, 3.63) is 58.4 Å². The van der Waals surface area contributed by atoms with Crippen LogP contribution in [-0.2, 0) is 11.2 Å². The molecule has 0 saturated heterocycles. The van der Waals surface area contributed by atoms with Crippen molar-refractivity contribution in [2.75, 3.05) is 19.5 Å². The Labute approximate surface area is 156 Å². The van der Waals surface area contributed by atoms with Crippen LogP contribution in [0.15, 0.2) is 47.3 Å². The highest BCUT2D eigenvalue weighted by Gasteiger charge is 2.16. The van der Waals surface area contributed by atoms with E-state index in [1.807, 2.05) is 30.3 Å². The highest BCUT2D eigenvalue weighted by atomic mass is 16.5. The molecule has 0 saturated carbocycles. The normalized spacial score (nSPS) is 11.4. The van der Waals surface area contributed by atoms with Crippen molar-refractivity contribution in [1.29, 1.82) is 0 Å². The number of aromatic nitrogens is 3. The van der Waals surface area contributed by atoms with Crippen LogP contribution in [0, 0.1) is 0 Å². The Morgan fingerprint density at radius 2 is 1.93 bits per heavy atom. The molecule has 0 amide bonds. The third-order valence-corrected chi connectivity index (χ3v) is 4.80. The summed E-state index contributed by atoms with van der Waals surface area (Å²) < 4.78 is 5.10. The van der Waals surface area contributed by atoms with E-state index in [2.05, 4.69) is 27.1 Å². The van der Waals surface area contributed by atoms with E-state index in [1.54, 1.807) is 7.11 Å². The highest BCUT2D eigenvalue weighted by Crippen LogP contribution is 2.31. The molecule has 6 nitrogen and oxygen atoms in total. The van der Waals surface area contributed by atoms with Crippen molar-refractivity contribution in [3.8, 4) is 11.4 Å². The van der Waals surface area contributed by atoms with Gasteiger partial charge in [0.05, 0.1) is 22.4 Å². The Kier molecular flexibility index (Phi) is 4.64. The number of nitrogens with two attached hydrogens (primary N) is 1. The number of ether oxygens (including phenoxy) is 1. The van der Waals surface area contributed by atoms with Gasteiger partial charge in [0.15, 0.2) is 5.69 Å². The maximum absolute atomic E-state index is 12.5. The van der Waals surface area contributed by atoms with Gasteiger partial charge in [-0.25, -0.2) is 4.98 Å². The molecule has 0 aliphatic heterocycles. The number of benzene rings is 2. The average molecular weight is 362 g/mol. The van der Waals surface area contributed by atoms with E-state index < -0.39 is 0 Å². The van der Waals surface area contributed by atoms with Crippen LogP contribution in [0.5, 0.6) is 0 Å². The first-order valence-corrected chi connectivity index (χ1v) is 9.06. The summed E-state index contributed by atoms with van der Waals surface area (Å²) in [5, 5.41) is 0.920. The largest absolute Gasteiger partial charge is 0.396 e. The lowest BCUT2D eigenvalue weighted by molar-refractivity contribution is 0.193. The maximum atomic E-state index is 12.5. The van der Waals surface area contributed by atoms with Gasteiger partial charge in [0.2, 0.25) is 0 Å². The van der Waals surface area contributed by atoms with Crippen LogP contribution < -0.4 is 11.3 Å². The Morgan fingerprint density at radius 1 is 1.07 bits per heavy atom. The van der Waals surface area contributed by atoms with E-state index >= 15 is 0 Å². The number of fused-ring (bicyclic) bond motifs is 2. The summed E-state index contributed by atoms with van der Waals surface area (Å²) in [6.07, 6.45) is 3.05. The molecule has 6 heteroatoms. The number of hydrogen-bond acceptors (Lipinski definition) is 4. The number of nitrogens with zero attached hydrogens (tertiary/aromatic N) is 1. The molecule has 0 spiro atoms. The lowest BCUT2D eigenvalue weighted by Crippen LogP contribution is -2.12. The molecular weight excluding hydrogens is 340 g/mol. The van der Waals surface area contributed by atoms with E-state index in [-0.39, 0.29) is 5.56 Å². The predicted octanol–water partition coefficient (Wildman–Crippen LogP) is 3.62. The first kappa shape index (κ1) is 17.3. The number of para-hydroxylation sites is 2. The Bertz CT molecular complexity index is 1160. The molecule has 2 heterocycles. The minimum atomic E-state index is -0.258. The molecule has 0 radical (unpaired) electrons. The number of anilines is 1. The molecule has 2 aromatic heterocycles. The summed E-state index contributed by atoms with van der Waals surface area (Å²) in [7, 11) is 1.72. The molecular formula is C21H22N4O2. The summed E-state index contributed by atoms with van der Waals surface area (Å²) in [6, 6.07) is 13.6. The average Bonchev–Trinajstić information content (AvgIpc) is 3.01. The number of hydrogen-bond donors (Lipinski definition) is 3. The Hall–Kier alpha value is -3.12. The topological polar surface area (TPSA) is 96.8 Å². The fourth-order valence-corrected chi connectivity index (χ4v) is 3.38. The van der Waals surface area contributed by atoms with E-state index in [9.17, 15) is 4.79 Å². The first-order chi connectivity index (χ1) is 13.2. The maximum Gasteiger partial charge on any atom is 0.276 e. The lowest BCUT2D eigenvalue weighted by atomic mass is 10.1. The molecule has 0 atom stereocenters.